The van der Waals surface area contributed by atoms with Gasteiger partial charge < -0.3 is 9.84 Å². The maximum atomic E-state index is 8.96. The molecule has 0 saturated carbocycles. The number of nitrogens with one attached hydrogen (secondary N) is 1. The number of ether oxygens (including phenoxy) is 1. The topological polar surface area (TPSA) is 69.5 Å². The number of aliphatic hydroxyl groups excluding tert-OH is 1. The Bertz CT molecular complexity index is 658. The van der Waals surface area contributed by atoms with E-state index in [4.69, 9.17) is 9.84 Å². The summed E-state index contributed by atoms with van der Waals surface area (Å²) >= 11 is 0. The van der Waals surface area contributed by atoms with E-state index >= 15 is 0 Å². The molecular formula is C20H32N5O2+. The second-order valence-electron chi connectivity index (χ2n) is 7.36. The second-order valence-corrected chi connectivity index (χ2v) is 7.36. The van der Waals surface area contributed by atoms with E-state index in [1.807, 2.05) is 13.1 Å². The Balaban J connectivity index is 1.37. The molecule has 7 nitrogen and oxygen atoms in total. The van der Waals surface area contributed by atoms with Gasteiger partial charge in [0.15, 0.2) is 5.84 Å². The van der Waals surface area contributed by atoms with Crippen molar-refractivity contribution in [1.82, 2.24) is 10.3 Å². The van der Waals surface area contributed by atoms with E-state index in [0.29, 0.717) is 18.9 Å². The smallest absolute Gasteiger partial charge is 0.238 e. The van der Waals surface area contributed by atoms with Gasteiger partial charge in [0, 0.05) is 13.0 Å². The van der Waals surface area contributed by atoms with Gasteiger partial charge >= 0.3 is 0 Å². The first-order valence-corrected chi connectivity index (χ1v) is 9.97. The molecule has 0 amide bonds. The number of aliphatic hydroxyl groups is 1. The molecule has 3 rings (SSSR count). The molecule has 2 heterocycles. The van der Waals surface area contributed by atoms with Crippen LogP contribution in [0.4, 0.5) is 0 Å². The van der Waals surface area contributed by atoms with Gasteiger partial charge in [-0.1, -0.05) is 23.3 Å². The van der Waals surface area contributed by atoms with Crippen LogP contribution in [0.5, 0.6) is 5.75 Å². The largest absolute Gasteiger partial charge is 0.494 e. The molecule has 148 valence electrons. The van der Waals surface area contributed by atoms with E-state index in [-0.39, 0.29) is 11.3 Å². The fourth-order valence-corrected chi connectivity index (χ4v) is 3.44. The molecule has 0 aliphatic carbocycles. The van der Waals surface area contributed by atoms with Crippen molar-refractivity contribution in [3.63, 3.8) is 0 Å². The minimum atomic E-state index is 0.0703. The van der Waals surface area contributed by atoms with Crippen molar-refractivity contribution in [3.8, 4) is 5.75 Å². The van der Waals surface area contributed by atoms with Gasteiger partial charge in [0.25, 0.3) is 0 Å². The number of hydrogen-bond donors (Lipinski definition) is 2. The van der Waals surface area contributed by atoms with Gasteiger partial charge in [-0.05, 0) is 55.1 Å². The molecule has 1 atom stereocenters. The van der Waals surface area contributed by atoms with Crippen LogP contribution in [0.15, 0.2) is 34.4 Å². The summed E-state index contributed by atoms with van der Waals surface area (Å²) in [6, 6.07) is 8.45. The lowest BCUT2D eigenvalue weighted by Crippen LogP contribution is -2.48. The highest BCUT2D eigenvalue weighted by atomic mass is 16.5. The molecule has 2 aliphatic rings. The molecule has 0 spiro atoms. The average molecular weight is 375 g/mol. The number of benzene rings is 1. The van der Waals surface area contributed by atoms with E-state index < -0.39 is 0 Å². The van der Waals surface area contributed by atoms with Gasteiger partial charge in [-0.15, -0.1) is 5.43 Å². The molecule has 2 N–H and O–H groups in total. The quantitative estimate of drug-likeness (QED) is 0.486. The fraction of sp³-hybridized carbons (Fsp3) is 0.600. The predicted octanol–water partition coefficient (Wildman–Crippen LogP) is 2.13. The Morgan fingerprint density at radius 2 is 2.11 bits per heavy atom. The van der Waals surface area contributed by atoms with Gasteiger partial charge in [-0.3, -0.25) is 4.90 Å². The molecule has 27 heavy (non-hydrogen) atoms. The summed E-state index contributed by atoms with van der Waals surface area (Å²) in [7, 11) is 1.93. The summed E-state index contributed by atoms with van der Waals surface area (Å²) in [5.74, 6) is 1.62. The molecular weight excluding hydrogens is 342 g/mol. The standard InChI is InChI=1S/C20H32N5O2/c1-25(17-21-20(23-25)9-13-26)22-10-6-14-27-19-8-5-7-18(15-19)16-24-11-3-2-4-12-24/h5,7-8,15,17,22,26H,2-4,6,9-14,16H2,1H3/q+1. The van der Waals surface area contributed by atoms with Crippen LogP contribution in [0.3, 0.4) is 0 Å². The second kappa shape index (κ2) is 9.94. The zero-order valence-electron chi connectivity index (χ0n) is 16.3. The maximum Gasteiger partial charge on any atom is 0.238 e. The lowest BCUT2D eigenvalue weighted by atomic mass is 10.1. The first-order valence-electron chi connectivity index (χ1n) is 9.97. The monoisotopic (exact) mass is 374 g/mol. The molecule has 1 unspecified atom stereocenters. The minimum Gasteiger partial charge on any atom is -0.494 e. The Morgan fingerprint density at radius 1 is 1.26 bits per heavy atom. The van der Waals surface area contributed by atoms with Gasteiger partial charge in [0.1, 0.15) is 12.8 Å². The van der Waals surface area contributed by atoms with Crippen LogP contribution in [0.25, 0.3) is 0 Å². The van der Waals surface area contributed by atoms with Crippen LogP contribution in [0.1, 0.15) is 37.7 Å². The van der Waals surface area contributed by atoms with Crippen molar-refractivity contribution in [2.24, 2.45) is 10.1 Å². The zero-order valence-corrected chi connectivity index (χ0v) is 16.3. The number of piperidine rings is 1. The molecule has 1 saturated heterocycles. The van der Waals surface area contributed by atoms with E-state index in [1.54, 1.807) is 6.34 Å². The van der Waals surface area contributed by atoms with E-state index in [2.05, 4.69) is 38.6 Å². The fourth-order valence-electron chi connectivity index (χ4n) is 3.44. The van der Waals surface area contributed by atoms with Gasteiger partial charge in [0.05, 0.1) is 19.8 Å². The average Bonchev–Trinajstić information content (AvgIpc) is 3.04. The first kappa shape index (κ1) is 19.9. The van der Waals surface area contributed by atoms with Crippen molar-refractivity contribution in [3.05, 3.63) is 29.8 Å². The SMILES string of the molecule is C[N+]1(NCCCOc2cccc(CN3CCCCC3)c2)C=NC(CCO)=N1. The molecule has 1 aromatic rings. The molecule has 0 bridgehead atoms. The van der Waals surface area contributed by atoms with Crippen LogP contribution in [-0.2, 0) is 6.54 Å². The molecule has 1 aromatic carbocycles. The Kier molecular flexibility index (Phi) is 7.34. The molecule has 0 aromatic heterocycles. The van der Waals surface area contributed by atoms with Crippen LogP contribution < -0.4 is 10.2 Å². The van der Waals surface area contributed by atoms with Crippen molar-refractivity contribution in [2.45, 2.75) is 38.6 Å². The number of amidine groups is 1. The summed E-state index contributed by atoms with van der Waals surface area (Å²) in [6.45, 7) is 4.93. The number of likely N-dealkylation sites (tertiary alicyclic amines) is 1. The van der Waals surface area contributed by atoms with Crippen LogP contribution in [0, 0.1) is 0 Å². The van der Waals surface area contributed by atoms with Gasteiger partial charge in [0.2, 0.25) is 6.34 Å². The summed E-state index contributed by atoms with van der Waals surface area (Å²) in [4.78, 5) is 6.75. The van der Waals surface area contributed by atoms with Crippen LogP contribution in [0.2, 0.25) is 0 Å². The van der Waals surface area contributed by atoms with Crippen LogP contribution >= 0.6 is 0 Å². The highest BCUT2D eigenvalue weighted by Crippen LogP contribution is 2.17. The Morgan fingerprint density at radius 3 is 2.93 bits per heavy atom. The Hall–Kier alpha value is -1.80. The first-order chi connectivity index (χ1) is 13.2. The highest BCUT2D eigenvalue weighted by molar-refractivity contribution is 5.89. The summed E-state index contributed by atoms with van der Waals surface area (Å²) in [6.07, 6.45) is 7.11. The van der Waals surface area contributed by atoms with E-state index in [1.165, 1.54) is 37.9 Å². The van der Waals surface area contributed by atoms with Gasteiger partial charge in [-0.25, -0.2) is 0 Å². The normalized spacial score (nSPS) is 22.8. The van der Waals surface area contributed by atoms with Crippen LogP contribution in [-0.4, -0.2) is 66.8 Å². The van der Waals surface area contributed by atoms with Crippen molar-refractivity contribution >= 4 is 12.2 Å². The predicted molar refractivity (Wildman–Crippen MR) is 107 cm³/mol. The van der Waals surface area contributed by atoms with Crippen molar-refractivity contribution in [2.75, 3.05) is 39.9 Å². The zero-order chi connectivity index (χ0) is 19.0. The third kappa shape index (κ3) is 6.39. The van der Waals surface area contributed by atoms with Gasteiger partial charge in [-0.2, -0.15) is 4.99 Å². The van der Waals surface area contributed by atoms with E-state index in [9.17, 15) is 0 Å². The number of hydrogen-bond acceptors (Lipinski definition) is 6. The summed E-state index contributed by atoms with van der Waals surface area (Å²) in [5.41, 5.74) is 4.65. The number of quaternary nitrogens is 1. The summed E-state index contributed by atoms with van der Waals surface area (Å²) < 4.78 is 6.15. The summed E-state index contributed by atoms with van der Waals surface area (Å²) in [5, 5.41) is 13.4. The number of nitrogens with zero attached hydrogens (tertiary/aromatic N) is 4. The number of aliphatic imine (C=N–C) groups is 1. The van der Waals surface area contributed by atoms with E-state index in [0.717, 1.165) is 25.3 Å². The van der Waals surface area contributed by atoms with Crippen molar-refractivity contribution in [1.29, 1.82) is 0 Å². The Labute approximate surface area is 161 Å². The maximum absolute atomic E-state index is 8.96. The lowest BCUT2D eigenvalue weighted by molar-refractivity contribution is -0.865. The third-order valence-corrected chi connectivity index (χ3v) is 4.87. The highest BCUT2D eigenvalue weighted by Gasteiger charge is 2.25. The molecule has 7 heteroatoms. The molecule has 1 fully saturated rings. The lowest BCUT2D eigenvalue weighted by Gasteiger charge is -2.26. The molecule has 2 aliphatic heterocycles. The van der Waals surface area contributed by atoms with Crippen molar-refractivity contribution < 1.29 is 14.5 Å². The third-order valence-electron chi connectivity index (χ3n) is 4.87. The number of rotatable bonds is 10. The minimum absolute atomic E-state index is 0.0703. The molecule has 0 radical (unpaired) electrons.